The lowest BCUT2D eigenvalue weighted by molar-refractivity contribution is 0.487. The monoisotopic (exact) mass is 886 g/mol. The Hall–Kier alpha value is -9.24. The zero-order valence-corrected chi connectivity index (χ0v) is 37.8. The summed E-state index contributed by atoms with van der Waals surface area (Å²) < 4.78 is 13.5. The fourth-order valence-electron chi connectivity index (χ4n) is 12.2. The van der Waals surface area contributed by atoms with E-state index >= 15 is 0 Å². The summed E-state index contributed by atoms with van der Waals surface area (Å²) >= 11 is 0. The molecule has 2 aliphatic heterocycles. The van der Waals surface area contributed by atoms with Gasteiger partial charge in [0.15, 0.2) is 0 Å². The van der Waals surface area contributed by atoms with Gasteiger partial charge in [-0.05, 0) is 175 Å². The molecule has 14 aromatic rings. The van der Waals surface area contributed by atoms with E-state index in [1.807, 2.05) is 6.07 Å². The molecule has 0 saturated heterocycles. The van der Waals surface area contributed by atoms with Crippen LogP contribution in [0.15, 0.2) is 231 Å². The van der Waals surface area contributed by atoms with E-state index in [4.69, 9.17) is 9.47 Å². The van der Waals surface area contributed by atoms with Gasteiger partial charge in [0.25, 0.3) is 0 Å². The van der Waals surface area contributed by atoms with E-state index in [9.17, 15) is 0 Å². The van der Waals surface area contributed by atoms with E-state index in [2.05, 4.69) is 224 Å². The summed E-state index contributed by atoms with van der Waals surface area (Å²) in [7, 11) is 0. The number of rotatable bonds is 4. The van der Waals surface area contributed by atoms with Gasteiger partial charge >= 0.3 is 0 Å². The van der Waals surface area contributed by atoms with E-state index in [0.717, 1.165) is 50.5 Å². The van der Waals surface area contributed by atoms with E-state index in [-0.39, 0.29) is 0 Å². The molecule has 70 heavy (non-hydrogen) atoms. The smallest absolute Gasteiger partial charge is 0.135 e. The van der Waals surface area contributed by atoms with Gasteiger partial charge in [0.1, 0.15) is 23.0 Å². The van der Waals surface area contributed by atoms with Gasteiger partial charge in [-0.1, -0.05) is 176 Å². The number of benzene rings is 14. The molecular weight excluding hydrogens is 849 g/mol. The predicted molar refractivity (Wildman–Crippen MR) is 293 cm³/mol. The van der Waals surface area contributed by atoms with E-state index in [1.165, 1.54) is 115 Å². The van der Waals surface area contributed by atoms with Gasteiger partial charge in [-0.25, -0.2) is 0 Å². The number of fused-ring (bicyclic) bond motifs is 6. The Morgan fingerprint density at radius 2 is 0.614 bits per heavy atom. The molecule has 2 aliphatic rings. The minimum atomic E-state index is 0.872. The lowest BCUT2D eigenvalue weighted by Gasteiger charge is -2.25. The van der Waals surface area contributed by atoms with Crippen LogP contribution >= 0.6 is 0 Å². The van der Waals surface area contributed by atoms with Crippen LogP contribution < -0.4 is 9.47 Å². The molecule has 0 fully saturated rings. The second-order valence-corrected chi connectivity index (χ2v) is 19.0. The quantitative estimate of drug-likeness (QED) is 0.164. The van der Waals surface area contributed by atoms with Crippen LogP contribution in [0.25, 0.3) is 142 Å². The molecule has 0 bridgehead atoms. The summed E-state index contributed by atoms with van der Waals surface area (Å²) in [5.41, 5.74) is 14.1. The van der Waals surface area contributed by atoms with Crippen molar-refractivity contribution in [1.29, 1.82) is 0 Å². The molecule has 16 rings (SSSR count). The molecule has 14 aromatic carbocycles. The highest BCUT2D eigenvalue weighted by molar-refractivity contribution is 6.33. The zero-order valence-electron chi connectivity index (χ0n) is 37.8. The first kappa shape index (κ1) is 37.8. The van der Waals surface area contributed by atoms with Crippen molar-refractivity contribution in [1.82, 2.24) is 0 Å². The van der Waals surface area contributed by atoms with Gasteiger partial charge in [0, 0.05) is 21.9 Å². The third-order valence-electron chi connectivity index (χ3n) is 15.4. The minimum Gasteiger partial charge on any atom is -0.456 e. The van der Waals surface area contributed by atoms with Crippen molar-refractivity contribution < 1.29 is 9.47 Å². The Bertz CT molecular complexity index is 4590. The summed E-state index contributed by atoms with van der Waals surface area (Å²) in [6, 6.07) is 84.9. The van der Waals surface area contributed by atoms with Crippen LogP contribution in [-0.2, 0) is 0 Å². The molecular formula is C68H38O2. The molecule has 322 valence electrons. The van der Waals surface area contributed by atoms with Crippen molar-refractivity contribution in [3.63, 3.8) is 0 Å². The van der Waals surface area contributed by atoms with Crippen LogP contribution in [0.5, 0.6) is 23.0 Å². The van der Waals surface area contributed by atoms with Crippen LogP contribution in [0.1, 0.15) is 0 Å². The highest BCUT2D eigenvalue weighted by atomic mass is 16.5. The average Bonchev–Trinajstić information content (AvgIpc) is 3.42. The first-order chi connectivity index (χ1) is 34.7. The zero-order chi connectivity index (χ0) is 45.6. The van der Waals surface area contributed by atoms with Gasteiger partial charge in [-0.15, -0.1) is 0 Å². The third kappa shape index (κ3) is 5.33. The fourth-order valence-corrected chi connectivity index (χ4v) is 12.2. The van der Waals surface area contributed by atoms with Crippen molar-refractivity contribution in [2.45, 2.75) is 0 Å². The minimum absolute atomic E-state index is 0.872. The molecule has 0 radical (unpaired) electrons. The van der Waals surface area contributed by atoms with Gasteiger partial charge in [-0.3, -0.25) is 0 Å². The molecule has 0 amide bonds. The maximum absolute atomic E-state index is 6.83. The molecule has 0 aliphatic carbocycles. The molecule has 0 aromatic heterocycles. The van der Waals surface area contributed by atoms with Gasteiger partial charge in [-0.2, -0.15) is 0 Å². The second kappa shape index (κ2) is 14.1. The normalized spacial score (nSPS) is 12.5. The molecule has 2 heterocycles. The summed E-state index contributed by atoms with van der Waals surface area (Å²) in [6.45, 7) is 0. The van der Waals surface area contributed by atoms with E-state index < -0.39 is 0 Å². The lowest BCUT2D eigenvalue weighted by atomic mass is 9.80. The first-order valence-corrected chi connectivity index (χ1v) is 24.1. The van der Waals surface area contributed by atoms with Crippen molar-refractivity contribution >= 4 is 75.4 Å². The van der Waals surface area contributed by atoms with Gasteiger partial charge in [0.05, 0.1) is 0 Å². The van der Waals surface area contributed by atoms with Crippen LogP contribution in [0.4, 0.5) is 0 Å². The Morgan fingerprint density at radius 1 is 0.186 bits per heavy atom. The molecule has 2 nitrogen and oxygen atoms in total. The molecule has 0 atom stereocenters. The van der Waals surface area contributed by atoms with Crippen molar-refractivity contribution in [3.05, 3.63) is 231 Å². The Labute approximate surface area is 403 Å². The fraction of sp³-hybridized carbons (Fsp3) is 0. The third-order valence-corrected chi connectivity index (χ3v) is 15.4. The molecule has 2 heteroatoms. The van der Waals surface area contributed by atoms with Crippen LogP contribution in [0.3, 0.4) is 0 Å². The Morgan fingerprint density at radius 3 is 1.31 bits per heavy atom. The highest BCUT2D eigenvalue weighted by Gasteiger charge is 2.26. The topological polar surface area (TPSA) is 18.5 Å². The second-order valence-electron chi connectivity index (χ2n) is 19.0. The van der Waals surface area contributed by atoms with E-state index in [0.29, 0.717) is 0 Å². The Balaban J connectivity index is 1.02. The lowest BCUT2D eigenvalue weighted by Crippen LogP contribution is -1.99. The van der Waals surface area contributed by atoms with Crippen molar-refractivity contribution in [2.75, 3.05) is 0 Å². The number of para-hydroxylation sites is 1. The van der Waals surface area contributed by atoms with Gasteiger partial charge < -0.3 is 9.47 Å². The van der Waals surface area contributed by atoms with Crippen LogP contribution in [0, 0.1) is 0 Å². The molecule has 0 spiro atoms. The predicted octanol–water partition coefficient (Wildman–Crippen LogP) is 19.4. The molecule has 0 N–H and O–H groups in total. The largest absolute Gasteiger partial charge is 0.456 e. The highest BCUT2D eigenvalue weighted by Crippen LogP contribution is 2.54. The first-order valence-electron chi connectivity index (χ1n) is 24.1. The van der Waals surface area contributed by atoms with Crippen molar-refractivity contribution in [3.8, 4) is 89.8 Å². The Kier molecular flexibility index (Phi) is 7.64. The summed E-state index contributed by atoms with van der Waals surface area (Å²) in [5, 5.41) is 17.0. The SMILES string of the molecule is c1ccc2c(c1)Oc1cccc3c(-c4cc(-c5ccc6ccccc6c5)c5ccc6c(-c7ccc8c(c7)Oc7cccc9cccc-8c79)cc(-c7ccc8ccccc8c7)c7ccc4c5c67)ccc-2c13. The summed E-state index contributed by atoms with van der Waals surface area (Å²) in [5.74, 6) is 3.55. The number of ether oxygens (including phenoxy) is 2. The number of hydrogen-bond donors (Lipinski definition) is 0. The molecule has 0 unspecified atom stereocenters. The van der Waals surface area contributed by atoms with Crippen molar-refractivity contribution in [2.24, 2.45) is 0 Å². The maximum Gasteiger partial charge on any atom is 0.135 e. The summed E-state index contributed by atoms with van der Waals surface area (Å²) in [4.78, 5) is 0. The van der Waals surface area contributed by atoms with E-state index in [1.54, 1.807) is 0 Å². The van der Waals surface area contributed by atoms with Crippen LogP contribution in [-0.4, -0.2) is 0 Å². The molecule has 0 saturated carbocycles. The standard InChI is InChI=1S/C68H38O2/c1-3-12-42-34-44(24-22-39(42)10-1)57-37-58(46-26-27-49-51-17-7-14-41-15-8-20-62(65(41)51)70-64(49)36-46)54-30-31-55-59(45-25-23-40-11-2-4-13-43(40)35-45)38-60(56-33-32-53(57)67(54)68(55)56)47-28-29-52-48-16-5-6-19-61(48)69-63-21-9-18-50(47)66(52)63/h1-38H. The van der Waals surface area contributed by atoms with Crippen LogP contribution in [0.2, 0.25) is 0 Å². The van der Waals surface area contributed by atoms with Gasteiger partial charge in [0.2, 0.25) is 0 Å². The average molecular weight is 887 g/mol. The maximum atomic E-state index is 6.83. The number of hydrogen-bond acceptors (Lipinski definition) is 2. The summed E-state index contributed by atoms with van der Waals surface area (Å²) in [6.07, 6.45) is 0.